The number of hydrogen-bond donors (Lipinski definition) is 0. The van der Waals surface area contributed by atoms with Gasteiger partial charge in [-0.3, -0.25) is 0 Å². The first kappa shape index (κ1) is 66.9. The molecule has 0 radical (unpaired) electrons. The number of imide groups is 2. The molecule has 1 saturated carbocycles. The minimum Gasteiger partial charge on any atom is -0.458 e. The van der Waals surface area contributed by atoms with E-state index in [1.807, 2.05) is 42.5 Å². The average Bonchev–Trinajstić information content (AvgIpc) is 2.66. The van der Waals surface area contributed by atoms with Crippen molar-refractivity contribution in [3.8, 4) is 0 Å². The van der Waals surface area contributed by atoms with Crippen LogP contribution in [0.3, 0.4) is 0 Å². The van der Waals surface area contributed by atoms with Gasteiger partial charge in [-0.1, -0.05) is 110 Å². The summed E-state index contributed by atoms with van der Waals surface area (Å²) >= 11 is 0. The molecular weight excluding hydrogens is 1100 g/mol. The van der Waals surface area contributed by atoms with Gasteiger partial charge in [-0.25, -0.2) is 28.8 Å². The second kappa shape index (κ2) is 28.9. The van der Waals surface area contributed by atoms with Crippen LogP contribution in [0.15, 0.2) is 97.1 Å². The zero-order valence-corrected chi connectivity index (χ0v) is 52.9. The summed E-state index contributed by atoms with van der Waals surface area (Å²) in [6, 6.07) is 26.0. The Balaban J connectivity index is 0.000000246. The Morgan fingerprint density at radius 3 is 1.23 bits per heavy atom. The maximum absolute atomic E-state index is 13.7. The standard InChI is InChI=1S/C34H47NO8.C34H45NO8/c2*1-22-29(41-26-16-9-10-17-26)25(19-24-15-12-14-23-13-8-11-18-27(23)24)20-39-21-28(30(36)40-22)35(31(37)42-33(2,3)4)32(38)43-34(5,6)7/h8,11-15,18,22,25-26,28-29H,9-10,16-17,19-21H2,1-7H3;8-9,11-16,18,22,25-26,28-29H,10,17,19-21H2,1-7H3/t22-,25-,28-,29-;22-,25-,26?,28-,29-/m00/s1. The van der Waals surface area contributed by atoms with Gasteiger partial charge in [-0.05, 0) is 168 Å². The summed E-state index contributed by atoms with van der Waals surface area (Å²) in [7, 11) is 0. The molecule has 0 aromatic heterocycles. The maximum atomic E-state index is 13.7. The number of ether oxygens (including phenoxy) is 10. The SMILES string of the molecule is C[C@@H]1OC(=O)[C@@H](N(C(=O)OC(C)(C)C)C(=O)OC(C)(C)C)COC[C@H](Cc2cccc3ccccc23)[C@H]1OC1C=CCC1.C[C@@H]1OC(=O)[C@@H](N(C(=O)OC(C)(C)C)C(=O)OC(C)(C)C)COC[C@H](Cc2cccc3ccccc23)[C@H]1OC1CCCC1. The average molecular weight is 1190 g/mol. The van der Waals surface area contributed by atoms with Crippen molar-refractivity contribution < 1.29 is 76.1 Å². The minimum atomic E-state index is -1.42. The van der Waals surface area contributed by atoms with E-state index in [1.54, 1.807) is 96.9 Å². The molecule has 2 aliphatic carbocycles. The van der Waals surface area contributed by atoms with Crippen LogP contribution in [0, 0.1) is 11.8 Å². The third kappa shape index (κ3) is 19.2. The molecule has 18 heteroatoms. The lowest BCUT2D eigenvalue weighted by Crippen LogP contribution is -2.54. The largest absolute Gasteiger partial charge is 0.458 e. The molecule has 2 heterocycles. The quantitative estimate of drug-likeness (QED) is 0.0823. The van der Waals surface area contributed by atoms with Crippen molar-refractivity contribution in [2.45, 2.75) is 219 Å². The molecule has 4 aliphatic rings. The number of allylic oxidation sites excluding steroid dienone is 1. The molecule has 0 N–H and O–H groups in total. The van der Waals surface area contributed by atoms with Crippen molar-refractivity contribution in [1.82, 2.24) is 9.80 Å². The van der Waals surface area contributed by atoms with Gasteiger partial charge in [0.2, 0.25) is 0 Å². The molecule has 1 unspecified atom stereocenters. The molecule has 8 rings (SSSR count). The Labute approximate surface area is 507 Å². The number of amides is 4. The van der Waals surface area contributed by atoms with Crippen LogP contribution >= 0.6 is 0 Å². The van der Waals surface area contributed by atoms with Gasteiger partial charge in [0, 0.05) is 11.8 Å². The fourth-order valence-electron chi connectivity index (χ4n) is 11.1. The highest BCUT2D eigenvalue weighted by atomic mass is 16.6. The summed E-state index contributed by atoms with van der Waals surface area (Å²) in [6.45, 7) is 23.6. The van der Waals surface area contributed by atoms with Crippen LogP contribution in [-0.4, -0.2) is 144 Å². The van der Waals surface area contributed by atoms with Gasteiger partial charge < -0.3 is 47.4 Å². The topological polar surface area (TPSA) is 201 Å². The van der Waals surface area contributed by atoms with Crippen molar-refractivity contribution in [2.75, 3.05) is 26.4 Å². The molecule has 470 valence electrons. The maximum Gasteiger partial charge on any atom is 0.420 e. The van der Waals surface area contributed by atoms with Gasteiger partial charge in [0.15, 0.2) is 12.1 Å². The highest BCUT2D eigenvalue weighted by molar-refractivity contribution is 5.95. The number of fused-ring (bicyclic) bond motifs is 2. The van der Waals surface area contributed by atoms with Crippen LogP contribution in [0.4, 0.5) is 19.2 Å². The van der Waals surface area contributed by atoms with Crippen molar-refractivity contribution >= 4 is 57.9 Å². The van der Waals surface area contributed by atoms with Crippen molar-refractivity contribution in [3.05, 3.63) is 108 Å². The zero-order valence-electron chi connectivity index (χ0n) is 52.9. The number of nitrogens with zero attached hydrogens (tertiary/aromatic N) is 2. The summed E-state index contributed by atoms with van der Waals surface area (Å²) < 4.78 is 59.6. The first-order chi connectivity index (χ1) is 40.4. The number of carbonyl (C=O) groups excluding carboxylic acids is 6. The third-order valence-electron chi connectivity index (χ3n) is 14.9. The lowest BCUT2D eigenvalue weighted by Gasteiger charge is -2.34. The van der Waals surface area contributed by atoms with Crippen LogP contribution in [0.5, 0.6) is 0 Å². The van der Waals surface area contributed by atoms with Crippen LogP contribution in [0.1, 0.15) is 147 Å². The first-order valence-corrected chi connectivity index (χ1v) is 30.4. The molecule has 4 amide bonds. The summed E-state index contributed by atoms with van der Waals surface area (Å²) in [5, 5.41) is 4.55. The third-order valence-corrected chi connectivity index (χ3v) is 14.9. The lowest BCUT2D eigenvalue weighted by atomic mass is 9.89. The van der Waals surface area contributed by atoms with Gasteiger partial charge in [0.1, 0.15) is 40.7 Å². The molecule has 4 aromatic rings. The van der Waals surface area contributed by atoms with E-state index in [2.05, 4.69) is 54.6 Å². The van der Waals surface area contributed by atoms with Gasteiger partial charge in [0.05, 0.1) is 44.7 Å². The molecule has 2 aliphatic heterocycles. The Hall–Kier alpha value is -6.60. The molecule has 2 saturated heterocycles. The van der Waals surface area contributed by atoms with E-state index in [0.29, 0.717) is 22.6 Å². The van der Waals surface area contributed by atoms with E-state index >= 15 is 0 Å². The fourth-order valence-corrected chi connectivity index (χ4v) is 11.1. The van der Waals surface area contributed by atoms with Gasteiger partial charge in [-0.2, -0.15) is 9.80 Å². The van der Waals surface area contributed by atoms with E-state index in [-0.39, 0.29) is 50.5 Å². The molecule has 4 aromatic carbocycles. The molecule has 18 nitrogen and oxygen atoms in total. The number of rotatable bonds is 10. The molecule has 9 atom stereocenters. The van der Waals surface area contributed by atoms with Crippen LogP contribution in [0.2, 0.25) is 0 Å². The zero-order chi connectivity index (χ0) is 62.7. The van der Waals surface area contributed by atoms with E-state index < -0.39 is 95.2 Å². The number of hydrogen-bond acceptors (Lipinski definition) is 16. The highest BCUT2D eigenvalue weighted by Gasteiger charge is 2.47. The fraction of sp³-hybridized carbons (Fsp3) is 0.588. The van der Waals surface area contributed by atoms with E-state index in [4.69, 9.17) is 47.4 Å². The Morgan fingerprint density at radius 2 is 0.860 bits per heavy atom. The first-order valence-electron chi connectivity index (χ1n) is 30.4. The number of esters is 2. The molecule has 0 bridgehead atoms. The predicted molar refractivity (Wildman–Crippen MR) is 325 cm³/mol. The predicted octanol–water partition coefficient (Wildman–Crippen LogP) is 13.4. The normalized spacial score (nSPS) is 24.5. The van der Waals surface area contributed by atoms with Gasteiger partial charge >= 0.3 is 36.3 Å². The molecule has 3 fully saturated rings. The summed E-state index contributed by atoms with van der Waals surface area (Å²) in [4.78, 5) is 82.1. The monoisotopic (exact) mass is 1190 g/mol. The van der Waals surface area contributed by atoms with Crippen molar-refractivity contribution in [2.24, 2.45) is 11.8 Å². The van der Waals surface area contributed by atoms with Gasteiger partial charge in [-0.15, -0.1) is 0 Å². The lowest BCUT2D eigenvalue weighted by molar-refractivity contribution is -0.167. The van der Waals surface area contributed by atoms with Crippen molar-refractivity contribution in [3.63, 3.8) is 0 Å². The summed E-state index contributed by atoms with van der Waals surface area (Å²) in [6.07, 6.45) is 4.77. The van der Waals surface area contributed by atoms with E-state index in [9.17, 15) is 28.8 Å². The Bertz CT molecular complexity index is 2930. The summed E-state index contributed by atoms with van der Waals surface area (Å²) in [5.74, 6) is -1.94. The van der Waals surface area contributed by atoms with Crippen LogP contribution in [0.25, 0.3) is 21.5 Å². The molecular formula is C68H92N2O16. The Morgan fingerprint density at radius 1 is 0.488 bits per heavy atom. The van der Waals surface area contributed by atoms with Gasteiger partial charge in [0.25, 0.3) is 0 Å². The van der Waals surface area contributed by atoms with Crippen LogP contribution in [-0.2, 0) is 69.8 Å². The highest BCUT2D eigenvalue weighted by Crippen LogP contribution is 2.34. The number of benzene rings is 4. The van der Waals surface area contributed by atoms with E-state index in [1.165, 1.54) is 0 Å². The van der Waals surface area contributed by atoms with Crippen LogP contribution < -0.4 is 0 Å². The van der Waals surface area contributed by atoms with Crippen molar-refractivity contribution in [1.29, 1.82) is 0 Å². The minimum absolute atomic E-state index is 0.0674. The summed E-state index contributed by atoms with van der Waals surface area (Å²) in [5.41, 5.74) is -1.42. The Kier molecular flexibility index (Phi) is 22.5. The number of carbonyl (C=O) groups is 6. The molecule has 86 heavy (non-hydrogen) atoms. The second-order valence-electron chi connectivity index (χ2n) is 26.9. The molecule has 0 spiro atoms. The number of cyclic esters (lactones) is 2. The van der Waals surface area contributed by atoms with E-state index in [0.717, 1.165) is 71.2 Å². The smallest absolute Gasteiger partial charge is 0.420 e. The second-order valence-corrected chi connectivity index (χ2v) is 26.9.